The maximum atomic E-state index is 12.7. The summed E-state index contributed by atoms with van der Waals surface area (Å²) in [6.45, 7) is 3.64. The monoisotopic (exact) mass is 476 g/mol. The van der Waals surface area contributed by atoms with Crippen LogP contribution in [-0.4, -0.2) is 88.3 Å². The standard InChI is InChI=1S/C19H26F2N4O6S/c1-7-12-11(8(2)24-17(28)15(20)21)18(29)25(12)13(19(30)31)14(7)32-9-5-10(23-6-9)16(27)22-3-4-26/h7-12,15,23,26H,3-6H2,1-2H3,(H,22,27)(H,24,28)(H,30,31)/t7-,8-,9+,10+,11-,12-/m1/s1. The number of alkyl halides is 2. The lowest BCUT2D eigenvalue weighted by Gasteiger charge is -2.47. The third kappa shape index (κ3) is 4.46. The normalized spacial score (nSPS) is 30.2. The molecule has 3 aliphatic heterocycles. The van der Waals surface area contributed by atoms with Gasteiger partial charge in [0.2, 0.25) is 11.8 Å². The lowest BCUT2D eigenvalue weighted by atomic mass is 9.78. The average molecular weight is 477 g/mol. The minimum Gasteiger partial charge on any atom is -0.477 e. The van der Waals surface area contributed by atoms with Crippen molar-refractivity contribution in [3.63, 3.8) is 0 Å². The first-order valence-corrected chi connectivity index (χ1v) is 11.1. The molecule has 10 nitrogen and oxygen atoms in total. The molecule has 5 N–H and O–H groups in total. The highest BCUT2D eigenvalue weighted by molar-refractivity contribution is 8.03. The second kappa shape index (κ2) is 9.71. The molecule has 2 fully saturated rings. The third-order valence-corrected chi connectivity index (χ3v) is 7.52. The highest BCUT2D eigenvalue weighted by Crippen LogP contribution is 2.51. The highest BCUT2D eigenvalue weighted by atomic mass is 32.2. The van der Waals surface area contributed by atoms with Crippen LogP contribution in [0.4, 0.5) is 8.78 Å². The fourth-order valence-electron chi connectivity index (χ4n) is 4.55. The molecule has 0 bridgehead atoms. The number of amides is 3. The molecule has 3 aliphatic rings. The Kier molecular flexibility index (Phi) is 7.40. The van der Waals surface area contributed by atoms with Crippen molar-refractivity contribution in [2.75, 3.05) is 19.7 Å². The Morgan fingerprint density at radius 2 is 2.03 bits per heavy atom. The van der Waals surface area contributed by atoms with Gasteiger partial charge in [-0.15, -0.1) is 11.8 Å². The van der Waals surface area contributed by atoms with E-state index in [4.69, 9.17) is 5.11 Å². The van der Waals surface area contributed by atoms with Crippen LogP contribution in [0.1, 0.15) is 20.3 Å². The largest absolute Gasteiger partial charge is 0.477 e. The topological polar surface area (TPSA) is 148 Å². The fourth-order valence-corrected chi connectivity index (χ4v) is 6.03. The number of carbonyl (C=O) groups is 4. The zero-order valence-corrected chi connectivity index (χ0v) is 18.3. The fraction of sp³-hybridized carbons (Fsp3) is 0.684. The Morgan fingerprint density at radius 3 is 2.62 bits per heavy atom. The van der Waals surface area contributed by atoms with E-state index < -0.39 is 48.3 Å². The Labute approximate surface area is 187 Å². The van der Waals surface area contributed by atoms with Crippen molar-refractivity contribution in [3.8, 4) is 0 Å². The Hall–Kier alpha value is -2.25. The number of halogens is 2. The van der Waals surface area contributed by atoms with Gasteiger partial charge < -0.3 is 31.1 Å². The number of hydrogen-bond donors (Lipinski definition) is 5. The molecule has 0 radical (unpaired) electrons. The molecule has 3 heterocycles. The summed E-state index contributed by atoms with van der Waals surface area (Å²) < 4.78 is 25.2. The van der Waals surface area contributed by atoms with Gasteiger partial charge in [-0.1, -0.05) is 6.92 Å². The summed E-state index contributed by atoms with van der Waals surface area (Å²) in [5, 5.41) is 26.3. The third-order valence-electron chi connectivity index (χ3n) is 6.01. The van der Waals surface area contributed by atoms with E-state index >= 15 is 0 Å². The van der Waals surface area contributed by atoms with E-state index in [0.29, 0.717) is 17.9 Å². The number of nitrogens with one attached hydrogen (secondary N) is 3. The van der Waals surface area contributed by atoms with E-state index in [1.165, 1.54) is 23.6 Å². The number of nitrogens with zero attached hydrogens (tertiary/aromatic N) is 1. The number of fused-ring (bicyclic) bond motifs is 1. The molecule has 0 aromatic heterocycles. The number of aliphatic carboxylic acids is 1. The SMILES string of the molecule is C[C@@H](NC(=O)C(F)F)[C@H]1C(=O)N2C(C(=O)O)=C(S[C@@H]3CN[C@H](C(=O)NCCO)C3)[C@H](C)[C@H]12. The number of hydrogen-bond acceptors (Lipinski definition) is 7. The van der Waals surface area contributed by atoms with Crippen LogP contribution in [0.3, 0.4) is 0 Å². The predicted molar refractivity (Wildman–Crippen MR) is 109 cm³/mol. The Bertz CT molecular complexity index is 841. The molecule has 0 aromatic carbocycles. The van der Waals surface area contributed by atoms with Crippen molar-refractivity contribution in [3.05, 3.63) is 10.6 Å². The molecular formula is C19H26F2N4O6S. The zero-order chi connectivity index (χ0) is 23.7. The van der Waals surface area contributed by atoms with Crippen LogP contribution in [-0.2, 0) is 19.2 Å². The summed E-state index contributed by atoms with van der Waals surface area (Å²) in [6, 6.07) is -1.90. The molecule has 6 atom stereocenters. The van der Waals surface area contributed by atoms with Gasteiger partial charge in [0, 0.05) is 35.2 Å². The van der Waals surface area contributed by atoms with Crippen LogP contribution in [0.2, 0.25) is 0 Å². The molecule has 0 aromatic rings. The second-order valence-corrected chi connectivity index (χ2v) is 9.42. The average Bonchev–Trinajstić information content (AvgIpc) is 3.28. The molecular weight excluding hydrogens is 450 g/mol. The van der Waals surface area contributed by atoms with Gasteiger partial charge in [0.1, 0.15) is 5.70 Å². The van der Waals surface area contributed by atoms with Crippen LogP contribution >= 0.6 is 11.8 Å². The maximum absolute atomic E-state index is 12.7. The zero-order valence-electron chi connectivity index (χ0n) is 17.5. The van der Waals surface area contributed by atoms with E-state index in [2.05, 4.69) is 16.0 Å². The van der Waals surface area contributed by atoms with E-state index in [9.17, 15) is 33.1 Å². The summed E-state index contributed by atoms with van der Waals surface area (Å²) >= 11 is 1.29. The molecule has 32 heavy (non-hydrogen) atoms. The van der Waals surface area contributed by atoms with E-state index in [1.54, 1.807) is 6.92 Å². The van der Waals surface area contributed by atoms with Gasteiger partial charge in [-0.3, -0.25) is 14.4 Å². The summed E-state index contributed by atoms with van der Waals surface area (Å²) in [5.74, 6) is -4.70. The number of carbonyl (C=O) groups excluding carboxylic acids is 3. The van der Waals surface area contributed by atoms with Gasteiger partial charge in [-0.2, -0.15) is 8.78 Å². The molecule has 0 saturated carbocycles. The minimum absolute atomic E-state index is 0.116. The summed E-state index contributed by atoms with van der Waals surface area (Å²) in [6.07, 6.45) is -2.77. The Morgan fingerprint density at radius 1 is 1.34 bits per heavy atom. The van der Waals surface area contributed by atoms with Crippen LogP contribution in [0.25, 0.3) is 0 Å². The van der Waals surface area contributed by atoms with Gasteiger partial charge >= 0.3 is 12.4 Å². The molecule has 0 spiro atoms. The van der Waals surface area contributed by atoms with Gasteiger partial charge in [0.15, 0.2) is 0 Å². The second-order valence-electron chi connectivity index (χ2n) is 8.08. The predicted octanol–water partition coefficient (Wildman–Crippen LogP) is -0.899. The number of carboxylic acids is 1. The van der Waals surface area contributed by atoms with Crippen LogP contribution in [0.5, 0.6) is 0 Å². The first-order chi connectivity index (χ1) is 15.1. The van der Waals surface area contributed by atoms with Gasteiger partial charge in [0.05, 0.1) is 24.6 Å². The van der Waals surface area contributed by atoms with Crippen molar-refractivity contribution in [2.45, 2.75) is 50.1 Å². The maximum Gasteiger partial charge on any atom is 0.353 e. The van der Waals surface area contributed by atoms with Crippen molar-refractivity contribution >= 4 is 35.5 Å². The van der Waals surface area contributed by atoms with Crippen molar-refractivity contribution in [1.29, 1.82) is 0 Å². The highest BCUT2D eigenvalue weighted by Gasteiger charge is 2.60. The summed E-state index contributed by atoms with van der Waals surface area (Å²) in [4.78, 5) is 49.8. The van der Waals surface area contributed by atoms with Crippen LogP contribution in [0.15, 0.2) is 10.6 Å². The number of rotatable bonds is 9. The first kappa shape index (κ1) is 24.4. The van der Waals surface area contributed by atoms with Gasteiger partial charge in [0.25, 0.3) is 5.91 Å². The molecule has 0 aliphatic carbocycles. The molecule has 3 rings (SSSR count). The van der Waals surface area contributed by atoms with Crippen LogP contribution < -0.4 is 16.0 Å². The Balaban J connectivity index is 1.71. The number of thioether (sulfide) groups is 1. The molecule has 13 heteroatoms. The van der Waals surface area contributed by atoms with Crippen molar-refractivity contribution < 1.29 is 38.2 Å². The minimum atomic E-state index is -3.21. The van der Waals surface area contributed by atoms with Gasteiger partial charge in [-0.25, -0.2) is 4.79 Å². The lowest BCUT2D eigenvalue weighted by Crippen LogP contribution is -2.66. The van der Waals surface area contributed by atoms with E-state index in [0.717, 1.165) is 0 Å². The smallest absolute Gasteiger partial charge is 0.353 e. The summed E-state index contributed by atoms with van der Waals surface area (Å²) in [7, 11) is 0. The lowest BCUT2D eigenvalue weighted by molar-refractivity contribution is -0.159. The molecule has 178 valence electrons. The van der Waals surface area contributed by atoms with E-state index in [1.807, 2.05) is 0 Å². The molecule has 3 amide bonds. The summed E-state index contributed by atoms with van der Waals surface area (Å²) in [5.41, 5.74) is -0.130. The van der Waals surface area contributed by atoms with Crippen molar-refractivity contribution in [2.24, 2.45) is 11.8 Å². The quantitative estimate of drug-likeness (QED) is 0.269. The first-order valence-electron chi connectivity index (χ1n) is 10.3. The number of carboxylic acid groups (broad SMARTS) is 1. The molecule has 0 unspecified atom stereocenters. The number of aliphatic hydroxyl groups excluding tert-OH is 1. The number of aliphatic hydroxyl groups is 1. The number of β-lactam (4-membered cyclic amide) rings is 1. The van der Waals surface area contributed by atoms with Crippen molar-refractivity contribution in [1.82, 2.24) is 20.9 Å². The van der Waals surface area contributed by atoms with Gasteiger partial charge in [-0.05, 0) is 13.3 Å². The van der Waals surface area contributed by atoms with E-state index in [-0.39, 0.29) is 35.9 Å². The van der Waals surface area contributed by atoms with Crippen LogP contribution in [0, 0.1) is 11.8 Å². The molecule has 2 saturated heterocycles.